The number of benzene rings is 8. The third-order valence-electron chi connectivity index (χ3n) is 11.5. The standard InChI is InChI=1S/C51H34N4S2/c1-3-14-31(15-4-1)49-52-50(32-16-5-2-6-17-32)54-51(53-49)38-21-12-25-42-46(38)37-29-28-33(30-45(37)57-42)34-20-11-26-43-47(34)48-41(24-13-27-44(48)56-43)55-39-22-9-7-18-35(39)36-19-8-10-23-40(36)55/h1-30,49,51,53H,(H,52,54). The summed E-state index contributed by atoms with van der Waals surface area (Å²) in [6.45, 7) is 0. The second-order valence-corrected chi connectivity index (χ2v) is 16.9. The highest BCUT2D eigenvalue weighted by Crippen LogP contribution is 2.46. The average Bonchev–Trinajstić information content (AvgIpc) is 3.96. The molecule has 0 bridgehead atoms. The van der Waals surface area contributed by atoms with Gasteiger partial charge in [-0.25, -0.2) is 4.99 Å². The van der Waals surface area contributed by atoms with Crippen molar-refractivity contribution in [3.63, 3.8) is 0 Å². The summed E-state index contributed by atoms with van der Waals surface area (Å²) < 4.78 is 7.62. The molecule has 11 aromatic rings. The number of rotatable bonds is 5. The lowest BCUT2D eigenvalue weighted by Gasteiger charge is -2.32. The Morgan fingerprint density at radius 3 is 1.88 bits per heavy atom. The van der Waals surface area contributed by atoms with Crippen molar-refractivity contribution in [3.05, 3.63) is 199 Å². The summed E-state index contributed by atoms with van der Waals surface area (Å²) in [5, 5.41) is 15.3. The Morgan fingerprint density at radius 1 is 0.474 bits per heavy atom. The number of para-hydroxylation sites is 2. The lowest BCUT2D eigenvalue weighted by Crippen LogP contribution is -2.45. The number of nitrogens with zero attached hydrogens (tertiary/aromatic N) is 2. The maximum atomic E-state index is 5.16. The van der Waals surface area contributed by atoms with Gasteiger partial charge in [0, 0.05) is 56.7 Å². The molecule has 0 aliphatic carbocycles. The van der Waals surface area contributed by atoms with Crippen molar-refractivity contribution in [1.29, 1.82) is 0 Å². The van der Waals surface area contributed by atoms with Crippen LogP contribution in [0.4, 0.5) is 0 Å². The van der Waals surface area contributed by atoms with E-state index in [-0.39, 0.29) is 12.3 Å². The fraction of sp³-hybridized carbons (Fsp3) is 0.0392. The van der Waals surface area contributed by atoms with Crippen LogP contribution in [0.3, 0.4) is 0 Å². The van der Waals surface area contributed by atoms with E-state index in [1.807, 2.05) is 22.7 Å². The second kappa shape index (κ2) is 13.0. The molecule has 57 heavy (non-hydrogen) atoms. The van der Waals surface area contributed by atoms with Gasteiger partial charge < -0.3 is 9.88 Å². The second-order valence-electron chi connectivity index (χ2n) is 14.7. The maximum Gasteiger partial charge on any atom is 0.131 e. The molecule has 4 heterocycles. The van der Waals surface area contributed by atoms with Crippen LogP contribution >= 0.6 is 22.7 Å². The molecule has 0 radical (unpaired) electrons. The number of nitrogens with one attached hydrogen (secondary N) is 2. The molecular weight excluding hydrogens is 733 g/mol. The van der Waals surface area contributed by atoms with E-state index in [4.69, 9.17) is 4.99 Å². The van der Waals surface area contributed by atoms with Gasteiger partial charge in [0.25, 0.3) is 0 Å². The number of aromatic nitrogens is 1. The number of hydrogen-bond acceptors (Lipinski definition) is 5. The van der Waals surface area contributed by atoms with Crippen LogP contribution in [0.25, 0.3) is 79.0 Å². The van der Waals surface area contributed by atoms with Gasteiger partial charge in [-0.1, -0.05) is 140 Å². The Hall–Kier alpha value is -6.57. The van der Waals surface area contributed by atoms with Crippen LogP contribution in [-0.4, -0.2) is 10.4 Å². The van der Waals surface area contributed by atoms with Gasteiger partial charge in [0.2, 0.25) is 0 Å². The summed E-state index contributed by atoms with van der Waals surface area (Å²) in [6, 6.07) is 66.0. The summed E-state index contributed by atoms with van der Waals surface area (Å²) in [5.41, 5.74) is 9.60. The number of thiophene rings is 2. The van der Waals surface area contributed by atoms with Crippen LogP contribution < -0.4 is 10.6 Å². The van der Waals surface area contributed by atoms with Gasteiger partial charge in [-0.05, 0) is 64.7 Å². The van der Waals surface area contributed by atoms with Gasteiger partial charge in [-0.15, -0.1) is 22.7 Å². The molecule has 0 spiro atoms. The van der Waals surface area contributed by atoms with E-state index in [9.17, 15) is 0 Å². The molecule has 6 heteroatoms. The van der Waals surface area contributed by atoms with E-state index in [2.05, 4.69) is 197 Å². The van der Waals surface area contributed by atoms with Crippen LogP contribution in [0, 0.1) is 0 Å². The molecule has 0 amide bonds. The highest BCUT2D eigenvalue weighted by Gasteiger charge is 2.28. The SMILES string of the molecule is c1ccc(C2=NC(c3ccccc3)NC(c3cccc4sc5cc(-c6cccc7sc8cccc(-n9c%10ccccc%10c%10ccccc%109)c8c67)ccc5c34)N2)cc1. The number of aliphatic imine (C=N–C) groups is 1. The minimum absolute atomic E-state index is 0.144. The summed E-state index contributed by atoms with van der Waals surface area (Å²) in [6.07, 6.45) is -0.331. The Labute approximate surface area is 337 Å². The molecule has 0 saturated heterocycles. The zero-order chi connectivity index (χ0) is 37.5. The zero-order valence-corrected chi connectivity index (χ0v) is 32.3. The van der Waals surface area contributed by atoms with Crippen LogP contribution in [-0.2, 0) is 0 Å². The van der Waals surface area contributed by atoms with E-state index in [1.165, 1.54) is 84.5 Å². The molecule has 4 nitrogen and oxygen atoms in total. The minimum atomic E-state index is -0.187. The van der Waals surface area contributed by atoms with Crippen molar-refractivity contribution >= 4 is 90.7 Å². The summed E-state index contributed by atoms with van der Waals surface area (Å²) in [5.74, 6) is 0.892. The van der Waals surface area contributed by atoms with Gasteiger partial charge in [0.05, 0.1) is 16.7 Å². The first-order valence-corrected chi connectivity index (χ1v) is 21.0. The summed E-state index contributed by atoms with van der Waals surface area (Å²) >= 11 is 3.75. The Kier molecular flexibility index (Phi) is 7.45. The monoisotopic (exact) mass is 766 g/mol. The first-order chi connectivity index (χ1) is 28.3. The average molecular weight is 767 g/mol. The smallest absolute Gasteiger partial charge is 0.131 e. The van der Waals surface area contributed by atoms with Crippen LogP contribution in [0.5, 0.6) is 0 Å². The van der Waals surface area contributed by atoms with Crippen molar-refractivity contribution in [2.45, 2.75) is 12.3 Å². The molecule has 1 aliphatic rings. The van der Waals surface area contributed by atoms with Gasteiger partial charge in [-0.2, -0.15) is 0 Å². The third-order valence-corrected chi connectivity index (χ3v) is 13.7. The molecule has 0 saturated carbocycles. The van der Waals surface area contributed by atoms with E-state index in [1.54, 1.807) is 0 Å². The van der Waals surface area contributed by atoms with Gasteiger partial charge in [0.1, 0.15) is 18.2 Å². The first kappa shape index (κ1) is 32.7. The van der Waals surface area contributed by atoms with E-state index < -0.39 is 0 Å². The molecule has 2 atom stereocenters. The van der Waals surface area contributed by atoms with E-state index >= 15 is 0 Å². The molecule has 2 unspecified atom stereocenters. The van der Waals surface area contributed by atoms with Crippen LogP contribution in [0.15, 0.2) is 187 Å². The highest BCUT2D eigenvalue weighted by atomic mass is 32.1. The van der Waals surface area contributed by atoms with Crippen molar-refractivity contribution in [1.82, 2.24) is 15.2 Å². The van der Waals surface area contributed by atoms with Gasteiger partial charge in [-0.3, -0.25) is 5.32 Å². The molecule has 8 aromatic carbocycles. The molecule has 1 aliphatic heterocycles. The molecule has 270 valence electrons. The molecule has 2 N–H and O–H groups in total. The lowest BCUT2D eigenvalue weighted by atomic mass is 9.96. The molecule has 3 aromatic heterocycles. The third kappa shape index (κ3) is 5.19. The Bertz CT molecular complexity index is 3320. The molecular formula is C51H34N4S2. The Morgan fingerprint density at radius 2 is 1.11 bits per heavy atom. The fourth-order valence-corrected chi connectivity index (χ4v) is 11.3. The minimum Gasteiger partial charge on any atom is -0.350 e. The largest absolute Gasteiger partial charge is 0.350 e. The number of fused-ring (bicyclic) bond motifs is 9. The lowest BCUT2D eigenvalue weighted by molar-refractivity contribution is 0.411. The predicted octanol–water partition coefficient (Wildman–Crippen LogP) is 13.5. The van der Waals surface area contributed by atoms with E-state index in [0.717, 1.165) is 17.0 Å². The first-order valence-electron chi connectivity index (χ1n) is 19.4. The highest BCUT2D eigenvalue weighted by molar-refractivity contribution is 7.26. The molecule has 12 rings (SSSR count). The summed E-state index contributed by atoms with van der Waals surface area (Å²) in [4.78, 5) is 5.16. The van der Waals surface area contributed by atoms with Gasteiger partial charge in [0.15, 0.2) is 0 Å². The maximum absolute atomic E-state index is 5.16. The van der Waals surface area contributed by atoms with Crippen LogP contribution in [0.2, 0.25) is 0 Å². The van der Waals surface area contributed by atoms with Crippen molar-refractivity contribution in [3.8, 4) is 16.8 Å². The normalized spacial score (nSPS) is 15.9. The Balaban J connectivity index is 1.01. The topological polar surface area (TPSA) is 41.4 Å². The quantitative estimate of drug-likeness (QED) is 0.183. The van der Waals surface area contributed by atoms with Crippen LogP contribution in [0.1, 0.15) is 29.0 Å². The predicted molar refractivity (Wildman–Crippen MR) is 243 cm³/mol. The number of hydrogen-bond donors (Lipinski definition) is 2. The number of amidine groups is 1. The van der Waals surface area contributed by atoms with Crippen molar-refractivity contribution in [2.24, 2.45) is 4.99 Å². The van der Waals surface area contributed by atoms with Crippen molar-refractivity contribution < 1.29 is 0 Å². The zero-order valence-electron chi connectivity index (χ0n) is 30.7. The fourth-order valence-electron chi connectivity index (χ4n) is 8.99. The van der Waals surface area contributed by atoms with Gasteiger partial charge >= 0.3 is 0 Å². The van der Waals surface area contributed by atoms with E-state index in [0.29, 0.717) is 0 Å². The van der Waals surface area contributed by atoms with Crippen molar-refractivity contribution in [2.75, 3.05) is 0 Å². The summed E-state index contributed by atoms with van der Waals surface area (Å²) in [7, 11) is 0. The molecule has 0 fully saturated rings.